The van der Waals surface area contributed by atoms with Crippen molar-refractivity contribution < 1.29 is 9.53 Å². The van der Waals surface area contributed by atoms with E-state index in [4.69, 9.17) is 4.74 Å². The molecule has 0 fully saturated rings. The molecule has 21 heavy (non-hydrogen) atoms. The van der Waals surface area contributed by atoms with Crippen LogP contribution in [0.15, 0.2) is 4.34 Å². The minimum Gasteiger partial charge on any atom is -0.376 e. The number of rotatable bonds is 5. The summed E-state index contributed by atoms with van der Waals surface area (Å²) < 4.78 is 6.30. The molecule has 1 aliphatic rings. The van der Waals surface area contributed by atoms with E-state index in [9.17, 15) is 4.79 Å². The van der Waals surface area contributed by atoms with Crippen LogP contribution in [-0.4, -0.2) is 45.2 Å². The molecule has 3 rings (SSSR count). The van der Waals surface area contributed by atoms with Crippen LogP contribution in [0.5, 0.6) is 0 Å². The van der Waals surface area contributed by atoms with Gasteiger partial charge in [-0.1, -0.05) is 23.1 Å². The lowest BCUT2D eigenvalue weighted by molar-refractivity contribution is 0.0927. The molecule has 0 unspecified atom stereocenters. The Bertz CT molecular complexity index is 639. The van der Waals surface area contributed by atoms with Crippen molar-refractivity contribution in [2.75, 3.05) is 18.9 Å². The third-order valence-electron chi connectivity index (χ3n) is 3.03. The van der Waals surface area contributed by atoms with Gasteiger partial charge >= 0.3 is 0 Å². The third-order valence-corrected chi connectivity index (χ3v) is 5.01. The van der Waals surface area contributed by atoms with Gasteiger partial charge in [-0.3, -0.25) is 9.89 Å². The van der Waals surface area contributed by atoms with Gasteiger partial charge in [0.15, 0.2) is 10.0 Å². The van der Waals surface area contributed by atoms with Gasteiger partial charge in [-0.15, -0.1) is 10.2 Å². The van der Waals surface area contributed by atoms with Crippen LogP contribution < -0.4 is 5.32 Å². The zero-order chi connectivity index (χ0) is 14.7. The molecule has 0 spiro atoms. The second-order valence-corrected chi connectivity index (χ2v) is 7.05. The fraction of sp³-hybridized carbons (Fsp3) is 0.500. The molecule has 9 heteroatoms. The van der Waals surface area contributed by atoms with E-state index in [1.54, 1.807) is 23.1 Å². The highest BCUT2D eigenvalue weighted by Gasteiger charge is 2.21. The number of carbonyl (C=O) groups excluding carboxylic acids is 1. The van der Waals surface area contributed by atoms with Gasteiger partial charge < -0.3 is 10.1 Å². The van der Waals surface area contributed by atoms with Crippen molar-refractivity contribution >= 4 is 29.0 Å². The first-order valence-corrected chi connectivity index (χ1v) is 8.39. The van der Waals surface area contributed by atoms with E-state index in [1.165, 1.54) is 0 Å². The van der Waals surface area contributed by atoms with Crippen LogP contribution in [0.25, 0.3) is 0 Å². The highest BCUT2D eigenvalue weighted by molar-refractivity contribution is 8.01. The molecule has 0 aromatic carbocycles. The van der Waals surface area contributed by atoms with Crippen molar-refractivity contribution in [2.24, 2.45) is 0 Å². The Morgan fingerprint density at radius 3 is 3.24 bits per heavy atom. The second-order valence-electron chi connectivity index (χ2n) is 4.52. The molecule has 0 saturated carbocycles. The van der Waals surface area contributed by atoms with E-state index in [1.807, 2.05) is 6.92 Å². The number of aromatic nitrogens is 4. The Balaban J connectivity index is 1.49. The van der Waals surface area contributed by atoms with Crippen LogP contribution in [0, 0.1) is 6.92 Å². The predicted molar refractivity (Wildman–Crippen MR) is 79.7 cm³/mol. The van der Waals surface area contributed by atoms with Crippen LogP contribution in [-0.2, 0) is 17.8 Å². The summed E-state index contributed by atoms with van der Waals surface area (Å²) in [5.41, 5.74) is 2.33. The summed E-state index contributed by atoms with van der Waals surface area (Å²) in [7, 11) is 0. The van der Waals surface area contributed by atoms with Gasteiger partial charge in [0.25, 0.3) is 5.91 Å². The molecular formula is C12H15N5O2S2. The number of nitrogens with one attached hydrogen (secondary N) is 2. The summed E-state index contributed by atoms with van der Waals surface area (Å²) in [5, 5.41) is 18.8. The second kappa shape index (κ2) is 6.54. The quantitative estimate of drug-likeness (QED) is 0.633. The number of amides is 1. The van der Waals surface area contributed by atoms with Crippen LogP contribution >= 0.6 is 23.1 Å². The van der Waals surface area contributed by atoms with Crippen LogP contribution in [0.2, 0.25) is 0 Å². The molecule has 1 aliphatic heterocycles. The maximum Gasteiger partial charge on any atom is 0.272 e. The summed E-state index contributed by atoms with van der Waals surface area (Å²) in [6.07, 6.45) is 0.780. The monoisotopic (exact) mass is 325 g/mol. The molecular weight excluding hydrogens is 310 g/mol. The first-order chi connectivity index (χ1) is 10.2. The molecule has 0 atom stereocenters. The van der Waals surface area contributed by atoms with E-state index in [0.29, 0.717) is 25.5 Å². The molecule has 0 saturated heterocycles. The number of aromatic amines is 1. The van der Waals surface area contributed by atoms with E-state index in [2.05, 4.69) is 25.7 Å². The number of hydrogen-bond donors (Lipinski definition) is 2. The summed E-state index contributed by atoms with van der Waals surface area (Å²) in [4.78, 5) is 12.1. The largest absolute Gasteiger partial charge is 0.376 e. The Labute approximate surface area is 129 Å². The highest BCUT2D eigenvalue weighted by atomic mass is 32.2. The Morgan fingerprint density at radius 2 is 2.43 bits per heavy atom. The summed E-state index contributed by atoms with van der Waals surface area (Å²) in [6.45, 7) is 3.61. The lowest BCUT2D eigenvalue weighted by atomic mass is 10.1. The number of ether oxygens (including phenoxy) is 1. The normalized spacial score (nSPS) is 14.0. The van der Waals surface area contributed by atoms with E-state index in [0.717, 1.165) is 32.8 Å². The molecule has 2 N–H and O–H groups in total. The Hall–Kier alpha value is -1.45. The lowest BCUT2D eigenvalue weighted by Gasteiger charge is -2.12. The number of carbonyl (C=O) groups is 1. The van der Waals surface area contributed by atoms with Crippen molar-refractivity contribution in [3.05, 3.63) is 22.0 Å². The van der Waals surface area contributed by atoms with Gasteiger partial charge in [-0.25, -0.2) is 0 Å². The summed E-state index contributed by atoms with van der Waals surface area (Å²) >= 11 is 3.14. The van der Waals surface area contributed by atoms with E-state index in [-0.39, 0.29) is 5.91 Å². The first-order valence-electron chi connectivity index (χ1n) is 6.59. The van der Waals surface area contributed by atoms with Gasteiger partial charge in [0, 0.05) is 30.0 Å². The Morgan fingerprint density at radius 1 is 1.52 bits per heavy atom. The van der Waals surface area contributed by atoms with E-state index < -0.39 is 0 Å². The minimum absolute atomic E-state index is 0.160. The van der Waals surface area contributed by atoms with Gasteiger partial charge in [0.2, 0.25) is 0 Å². The molecule has 2 aromatic rings. The minimum atomic E-state index is -0.160. The van der Waals surface area contributed by atoms with Gasteiger partial charge in [0.1, 0.15) is 5.01 Å². The van der Waals surface area contributed by atoms with Crippen molar-refractivity contribution in [3.8, 4) is 0 Å². The SMILES string of the molecule is Cc1nnc(SCCNC(=O)c2n[nH]c3c2COCC3)s1. The lowest BCUT2D eigenvalue weighted by Crippen LogP contribution is -2.27. The highest BCUT2D eigenvalue weighted by Crippen LogP contribution is 2.21. The Kier molecular flexibility index (Phi) is 4.51. The number of H-pyrrole nitrogens is 1. The number of nitrogens with zero attached hydrogens (tertiary/aromatic N) is 3. The topological polar surface area (TPSA) is 92.8 Å². The molecule has 112 valence electrons. The smallest absolute Gasteiger partial charge is 0.272 e. The van der Waals surface area contributed by atoms with Gasteiger partial charge in [0.05, 0.1) is 13.2 Å². The van der Waals surface area contributed by atoms with Crippen LogP contribution in [0.1, 0.15) is 26.8 Å². The number of fused-ring (bicyclic) bond motifs is 1. The number of thioether (sulfide) groups is 1. The fourth-order valence-electron chi connectivity index (χ4n) is 2.02. The fourth-order valence-corrected chi connectivity index (χ4v) is 3.76. The van der Waals surface area contributed by atoms with Crippen LogP contribution in [0.4, 0.5) is 0 Å². The molecule has 0 radical (unpaired) electrons. The maximum absolute atomic E-state index is 12.1. The summed E-state index contributed by atoms with van der Waals surface area (Å²) in [6, 6.07) is 0. The van der Waals surface area contributed by atoms with Crippen molar-refractivity contribution in [1.29, 1.82) is 0 Å². The molecule has 3 heterocycles. The molecule has 7 nitrogen and oxygen atoms in total. The molecule has 0 aliphatic carbocycles. The molecule has 1 amide bonds. The maximum atomic E-state index is 12.1. The van der Waals surface area contributed by atoms with E-state index >= 15 is 0 Å². The average molecular weight is 325 g/mol. The van der Waals surface area contributed by atoms with Crippen molar-refractivity contribution in [1.82, 2.24) is 25.7 Å². The standard InChI is InChI=1S/C12H15N5O2S2/c1-7-14-17-12(21-7)20-5-3-13-11(18)10-8-6-19-4-2-9(8)15-16-10/h2-6H2,1H3,(H,13,18)(H,15,16). The van der Waals surface area contributed by atoms with Crippen molar-refractivity contribution in [3.63, 3.8) is 0 Å². The number of hydrogen-bond acceptors (Lipinski definition) is 7. The predicted octanol–water partition coefficient (Wildman–Crippen LogP) is 1.16. The third kappa shape index (κ3) is 3.42. The zero-order valence-electron chi connectivity index (χ0n) is 11.5. The molecule has 0 bridgehead atoms. The van der Waals surface area contributed by atoms with Gasteiger partial charge in [-0.2, -0.15) is 5.10 Å². The first kappa shape index (κ1) is 14.5. The number of aryl methyl sites for hydroxylation is 1. The van der Waals surface area contributed by atoms with Gasteiger partial charge in [-0.05, 0) is 6.92 Å². The summed E-state index contributed by atoms with van der Waals surface area (Å²) in [5.74, 6) is 0.593. The average Bonchev–Trinajstić information content (AvgIpc) is 3.09. The van der Waals surface area contributed by atoms with Crippen molar-refractivity contribution in [2.45, 2.75) is 24.3 Å². The van der Waals surface area contributed by atoms with Crippen LogP contribution in [0.3, 0.4) is 0 Å². The zero-order valence-corrected chi connectivity index (χ0v) is 13.1. The molecule has 2 aromatic heterocycles.